The van der Waals surface area contributed by atoms with Crippen molar-refractivity contribution in [1.29, 1.82) is 0 Å². The first kappa shape index (κ1) is 19.1. The number of hydrogen-bond donors (Lipinski definition) is 2. The Morgan fingerprint density at radius 2 is 1.95 bits per heavy atom. The first-order valence-corrected chi connectivity index (χ1v) is 10.2. The van der Waals surface area contributed by atoms with E-state index < -0.39 is 10.0 Å². The SMILES string of the molecule is CSCCCCCNS(=O)(=O)c1cc(Cl)cc(CN)c1Cl. The van der Waals surface area contributed by atoms with Crippen LogP contribution >= 0.6 is 35.0 Å². The van der Waals surface area contributed by atoms with Crippen molar-refractivity contribution >= 4 is 45.0 Å². The fourth-order valence-corrected chi connectivity index (χ4v) is 4.30. The summed E-state index contributed by atoms with van der Waals surface area (Å²) in [5.41, 5.74) is 6.06. The second-order valence-electron chi connectivity index (χ2n) is 4.53. The van der Waals surface area contributed by atoms with Crippen molar-refractivity contribution in [2.24, 2.45) is 5.73 Å². The number of hydrogen-bond acceptors (Lipinski definition) is 4. The summed E-state index contributed by atoms with van der Waals surface area (Å²) >= 11 is 13.8. The molecule has 0 aliphatic rings. The van der Waals surface area contributed by atoms with Crippen LogP contribution in [0.3, 0.4) is 0 Å². The molecule has 1 aromatic carbocycles. The van der Waals surface area contributed by atoms with E-state index in [-0.39, 0.29) is 16.5 Å². The number of thioether (sulfide) groups is 1. The number of sulfonamides is 1. The van der Waals surface area contributed by atoms with Crippen LogP contribution in [-0.2, 0) is 16.6 Å². The lowest BCUT2D eigenvalue weighted by Gasteiger charge is -2.11. The van der Waals surface area contributed by atoms with E-state index in [9.17, 15) is 8.42 Å². The molecule has 0 spiro atoms. The Bertz CT molecular complexity index is 566. The lowest BCUT2D eigenvalue weighted by atomic mass is 10.2. The number of nitrogens with one attached hydrogen (secondary N) is 1. The van der Waals surface area contributed by atoms with E-state index in [0.717, 1.165) is 25.0 Å². The molecule has 3 N–H and O–H groups in total. The summed E-state index contributed by atoms with van der Waals surface area (Å²) in [6, 6.07) is 2.92. The van der Waals surface area contributed by atoms with Crippen LogP contribution in [0.15, 0.2) is 17.0 Å². The first-order chi connectivity index (χ1) is 9.92. The number of benzene rings is 1. The van der Waals surface area contributed by atoms with Gasteiger partial charge in [-0.1, -0.05) is 29.6 Å². The van der Waals surface area contributed by atoms with Crippen molar-refractivity contribution in [3.63, 3.8) is 0 Å². The van der Waals surface area contributed by atoms with Crippen LogP contribution < -0.4 is 10.5 Å². The molecule has 0 aliphatic carbocycles. The minimum Gasteiger partial charge on any atom is -0.326 e. The van der Waals surface area contributed by atoms with E-state index in [0.29, 0.717) is 17.1 Å². The van der Waals surface area contributed by atoms with Gasteiger partial charge in [-0.05, 0) is 42.5 Å². The molecule has 0 aliphatic heterocycles. The predicted molar refractivity (Wildman–Crippen MR) is 91.8 cm³/mol. The van der Waals surface area contributed by atoms with Gasteiger partial charge in [-0.25, -0.2) is 13.1 Å². The quantitative estimate of drug-likeness (QED) is 0.654. The Kier molecular flexibility index (Phi) is 8.38. The Labute approximate surface area is 140 Å². The third-order valence-corrected chi connectivity index (χ3v) is 5.86. The van der Waals surface area contributed by atoms with Gasteiger partial charge in [-0.15, -0.1) is 0 Å². The molecule has 0 unspecified atom stereocenters. The summed E-state index contributed by atoms with van der Waals surface area (Å²) in [6.45, 7) is 0.522. The Morgan fingerprint density at radius 3 is 2.57 bits per heavy atom. The minimum atomic E-state index is -3.67. The van der Waals surface area contributed by atoms with Crippen molar-refractivity contribution in [1.82, 2.24) is 4.72 Å². The molecule has 8 heteroatoms. The molecule has 0 bridgehead atoms. The van der Waals surface area contributed by atoms with Crippen LogP contribution in [0.2, 0.25) is 10.0 Å². The van der Waals surface area contributed by atoms with E-state index in [2.05, 4.69) is 11.0 Å². The van der Waals surface area contributed by atoms with E-state index >= 15 is 0 Å². The Morgan fingerprint density at radius 1 is 1.24 bits per heavy atom. The second kappa shape index (κ2) is 9.22. The van der Waals surface area contributed by atoms with Crippen LogP contribution in [0.5, 0.6) is 0 Å². The fraction of sp³-hybridized carbons (Fsp3) is 0.538. The molecule has 21 heavy (non-hydrogen) atoms. The molecular formula is C13H20Cl2N2O2S2. The summed E-state index contributed by atoms with van der Waals surface area (Å²) in [5.74, 6) is 1.09. The van der Waals surface area contributed by atoms with Crippen LogP contribution in [0.25, 0.3) is 0 Å². The van der Waals surface area contributed by atoms with Crippen molar-refractivity contribution in [3.8, 4) is 0 Å². The smallest absolute Gasteiger partial charge is 0.242 e. The van der Waals surface area contributed by atoms with E-state index in [1.165, 1.54) is 6.07 Å². The van der Waals surface area contributed by atoms with Gasteiger partial charge in [0.1, 0.15) is 4.90 Å². The first-order valence-electron chi connectivity index (χ1n) is 6.59. The molecule has 1 rings (SSSR count). The van der Waals surface area contributed by atoms with Crippen LogP contribution in [0, 0.1) is 0 Å². The maximum atomic E-state index is 12.3. The maximum Gasteiger partial charge on any atom is 0.242 e. The normalized spacial score (nSPS) is 11.8. The van der Waals surface area contributed by atoms with Gasteiger partial charge >= 0.3 is 0 Å². The van der Waals surface area contributed by atoms with E-state index in [1.807, 2.05) is 0 Å². The zero-order chi connectivity index (χ0) is 15.9. The topological polar surface area (TPSA) is 72.2 Å². The van der Waals surface area contributed by atoms with Crippen molar-refractivity contribution in [2.45, 2.75) is 30.7 Å². The van der Waals surface area contributed by atoms with Crippen molar-refractivity contribution in [2.75, 3.05) is 18.6 Å². The zero-order valence-electron chi connectivity index (χ0n) is 11.9. The fourth-order valence-electron chi connectivity index (χ4n) is 1.79. The highest BCUT2D eigenvalue weighted by atomic mass is 35.5. The highest BCUT2D eigenvalue weighted by Gasteiger charge is 2.20. The highest BCUT2D eigenvalue weighted by molar-refractivity contribution is 7.98. The van der Waals surface area contributed by atoms with Crippen LogP contribution in [0.1, 0.15) is 24.8 Å². The van der Waals surface area contributed by atoms with Gasteiger partial charge in [0.2, 0.25) is 10.0 Å². The third kappa shape index (κ3) is 5.96. The van der Waals surface area contributed by atoms with Gasteiger partial charge in [0, 0.05) is 18.1 Å². The number of rotatable bonds is 9. The lowest BCUT2D eigenvalue weighted by Crippen LogP contribution is -2.25. The molecule has 0 heterocycles. The number of unbranched alkanes of at least 4 members (excludes halogenated alkanes) is 2. The Hall–Kier alpha value is 0.0200. The van der Waals surface area contributed by atoms with Gasteiger partial charge < -0.3 is 5.73 Å². The average molecular weight is 371 g/mol. The summed E-state index contributed by atoms with van der Waals surface area (Å²) in [4.78, 5) is -0.0127. The number of halogens is 2. The Balaban J connectivity index is 2.72. The van der Waals surface area contributed by atoms with Crippen molar-refractivity contribution in [3.05, 3.63) is 27.7 Å². The minimum absolute atomic E-state index is 0.0127. The predicted octanol–water partition coefficient (Wildman–Crippen LogP) is 3.26. The van der Waals surface area contributed by atoms with Gasteiger partial charge in [-0.2, -0.15) is 11.8 Å². The molecular weight excluding hydrogens is 351 g/mol. The average Bonchev–Trinajstić information content (AvgIpc) is 2.44. The standard InChI is InChI=1S/C13H20Cl2N2O2S2/c1-20-6-4-2-3-5-17-21(18,19)12-8-11(14)7-10(9-16)13(12)15/h7-8,17H,2-6,9,16H2,1H3. The molecule has 0 saturated carbocycles. The summed E-state index contributed by atoms with van der Waals surface area (Å²) in [6.07, 6.45) is 4.92. The lowest BCUT2D eigenvalue weighted by molar-refractivity contribution is 0.576. The van der Waals surface area contributed by atoms with Gasteiger partial charge in [0.25, 0.3) is 0 Å². The third-order valence-electron chi connectivity index (χ3n) is 2.91. The summed E-state index contributed by atoms with van der Waals surface area (Å²) < 4.78 is 27.1. The number of nitrogens with two attached hydrogens (primary N) is 1. The molecule has 120 valence electrons. The molecule has 1 aromatic rings. The molecule has 0 fully saturated rings. The van der Waals surface area contributed by atoms with E-state index in [4.69, 9.17) is 28.9 Å². The summed E-state index contributed by atoms with van der Waals surface area (Å²) in [7, 11) is -3.67. The molecule has 0 aromatic heterocycles. The maximum absolute atomic E-state index is 12.3. The molecule has 0 atom stereocenters. The zero-order valence-corrected chi connectivity index (χ0v) is 15.0. The van der Waals surface area contributed by atoms with Gasteiger partial charge in [0.05, 0.1) is 5.02 Å². The largest absolute Gasteiger partial charge is 0.326 e. The van der Waals surface area contributed by atoms with Crippen molar-refractivity contribution < 1.29 is 8.42 Å². The van der Waals surface area contributed by atoms with Crippen LogP contribution in [-0.4, -0.2) is 27.0 Å². The molecule has 4 nitrogen and oxygen atoms in total. The monoisotopic (exact) mass is 370 g/mol. The molecule has 0 saturated heterocycles. The van der Waals surface area contributed by atoms with E-state index in [1.54, 1.807) is 17.8 Å². The van der Waals surface area contributed by atoms with Crippen LogP contribution in [0.4, 0.5) is 0 Å². The highest BCUT2D eigenvalue weighted by Crippen LogP contribution is 2.29. The molecule has 0 amide bonds. The second-order valence-corrected chi connectivity index (χ2v) is 8.07. The van der Waals surface area contributed by atoms with Gasteiger partial charge in [-0.3, -0.25) is 0 Å². The summed E-state index contributed by atoms with van der Waals surface area (Å²) in [5, 5.41) is 0.442. The van der Waals surface area contributed by atoms with Gasteiger partial charge in [0.15, 0.2) is 0 Å². The molecule has 0 radical (unpaired) electrons.